The van der Waals surface area contributed by atoms with Crippen LogP contribution in [-0.4, -0.2) is 27.0 Å². The van der Waals surface area contributed by atoms with Crippen molar-refractivity contribution in [3.63, 3.8) is 0 Å². The zero-order chi connectivity index (χ0) is 24.1. The molecule has 0 saturated heterocycles. The quantitative estimate of drug-likeness (QED) is 0.523. The van der Waals surface area contributed by atoms with E-state index in [1.54, 1.807) is 0 Å². The molecule has 0 bridgehead atoms. The van der Waals surface area contributed by atoms with Gasteiger partial charge in [0.05, 0.1) is 4.90 Å². The zero-order valence-electron chi connectivity index (χ0n) is 19.8. The lowest BCUT2D eigenvalue weighted by Crippen LogP contribution is -2.48. The van der Waals surface area contributed by atoms with Gasteiger partial charge >= 0.3 is 0 Å². The first-order valence-electron chi connectivity index (χ1n) is 11.1. The van der Waals surface area contributed by atoms with Gasteiger partial charge in [-0.1, -0.05) is 84.0 Å². The molecule has 176 valence electrons. The summed E-state index contributed by atoms with van der Waals surface area (Å²) >= 11 is 0. The summed E-state index contributed by atoms with van der Waals surface area (Å²) in [5, 5.41) is 2.62. The average molecular weight is 462 g/mol. The van der Waals surface area contributed by atoms with Crippen molar-refractivity contribution in [1.29, 1.82) is 0 Å². The van der Waals surface area contributed by atoms with Crippen molar-refractivity contribution < 1.29 is 17.6 Å². The summed E-state index contributed by atoms with van der Waals surface area (Å²) in [6.07, 6.45) is 0. The van der Waals surface area contributed by atoms with Crippen LogP contribution in [0.25, 0.3) is 0 Å². The number of alkyl halides is 1. The Bertz CT molecular complexity index is 990. The number of halogens is 1. The molecule has 0 aromatic heterocycles. The van der Waals surface area contributed by atoms with Crippen LogP contribution in [0.2, 0.25) is 0 Å². The highest BCUT2D eigenvalue weighted by Gasteiger charge is 2.31. The smallest absolute Gasteiger partial charge is 0.241 e. The largest absolute Gasteiger partial charge is 0.351 e. The van der Waals surface area contributed by atoms with Crippen LogP contribution < -0.4 is 10.0 Å². The van der Waals surface area contributed by atoms with Crippen LogP contribution in [0.1, 0.15) is 81.5 Å². The molecule has 0 aliphatic carbocycles. The second kappa shape index (κ2) is 11.1. The van der Waals surface area contributed by atoms with Gasteiger partial charge in [-0.2, -0.15) is 4.72 Å². The highest BCUT2D eigenvalue weighted by molar-refractivity contribution is 7.89. The Labute approximate surface area is 191 Å². The molecule has 5 nitrogen and oxygen atoms in total. The van der Waals surface area contributed by atoms with E-state index in [2.05, 4.69) is 23.9 Å². The Kier molecular flexibility index (Phi) is 8.98. The molecule has 0 radical (unpaired) electrons. The number of rotatable bonds is 10. The number of hydrogen-bond acceptors (Lipinski definition) is 3. The summed E-state index contributed by atoms with van der Waals surface area (Å²) < 4.78 is 43.0. The van der Waals surface area contributed by atoms with Crippen LogP contribution in [0.5, 0.6) is 0 Å². The number of amides is 1. The van der Waals surface area contributed by atoms with E-state index < -0.39 is 28.6 Å². The van der Waals surface area contributed by atoms with Gasteiger partial charge in [0, 0.05) is 6.54 Å². The molecule has 0 aliphatic rings. The predicted octanol–water partition coefficient (Wildman–Crippen LogP) is 4.99. The molecule has 0 aliphatic heterocycles. The third-order valence-electron chi connectivity index (χ3n) is 5.43. The summed E-state index contributed by atoms with van der Waals surface area (Å²) in [5.41, 5.74) is 3.25. The minimum absolute atomic E-state index is 0.0616. The number of carbonyl (C=O) groups is 1. The Morgan fingerprint density at radius 2 is 1.44 bits per heavy atom. The van der Waals surface area contributed by atoms with Crippen molar-refractivity contribution in [2.75, 3.05) is 6.67 Å². The van der Waals surface area contributed by atoms with E-state index in [1.165, 1.54) is 0 Å². The number of sulfonamides is 1. The van der Waals surface area contributed by atoms with Crippen LogP contribution in [0.15, 0.2) is 47.4 Å². The Morgan fingerprint density at radius 3 is 1.88 bits per heavy atom. The van der Waals surface area contributed by atoms with Crippen molar-refractivity contribution in [3.8, 4) is 0 Å². The van der Waals surface area contributed by atoms with Crippen molar-refractivity contribution in [2.24, 2.45) is 0 Å². The molecule has 0 heterocycles. The van der Waals surface area contributed by atoms with Crippen molar-refractivity contribution in [2.45, 2.75) is 76.8 Å². The minimum atomic E-state index is -4.14. The van der Waals surface area contributed by atoms with Gasteiger partial charge in [-0.3, -0.25) is 4.79 Å². The highest BCUT2D eigenvalue weighted by atomic mass is 32.2. The molecule has 2 rings (SSSR count). The molecule has 0 saturated carbocycles. The maximum Gasteiger partial charge on any atom is 0.241 e. The fourth-order valence-corrected chi connectivity index (χ4v) is 5.38. The SMILES string of the molecule is CC(C)c1cc(C(C)C)c(S(=O)(=O)NC(C[18F])C(=O)NCc2ccccc2)c(C(C)C)c1. The Morgan fingerprint density at radius 1 is 0.906 bits per heavy atom. The Balaban J connectivity index is 2.39. The van der Waals surface area contributed by atoms with Gasteiger partial charge in [0.15, 0.2) is 0 Å². The van der Waals surface area contributed by atoms with Gasteiger partial charge in [-0.05, 0) is 40.0 Å². The van der Waals surface area contributed by atoms with E-state index in [1.807, 2.05) is 70.2 Å². The summed E-state index contributed by atoms with van der Waals surface area (Å²) in [6.45, 7) is 10.9. The molecule has 1 amide bonds. The molecule has 1 unspecified atom stereocenters. The van der Waals surface area contributed by atoms with Crippen molar-refractivity contribution in [1.82, 2.24) is 10.0 Å². The molecular weight excluding hydrogens is 426 g/mol. The Hall–Kier alpha value is -2.25. The maximum absolute atomic E-state index is 13.8. The van der Waals surface area contributed by atoms with Crippen LogP contribution in [0, 0.1) is 0 Å². The lowest BCUT2D eigenvalue weighted by Gasteiger charge is -2.24. The number of benzene rings is 2. The normalized spacial score (nSPS) is 13.1. The number of nitrogens with one attached hydrogen (secondary N) is 2. The molecule has 2 N–H and O–H groups in total. The lowest BCUT2D eigenvalue weighted by molar-refractivity contribution is -0.123. The molecule has 0 spiro atoms. The standard InChI is InChI=1S/C25H35FN2O3S/c1-16(2)20-12-21(17(3)4)24(22(13-20)18(5)6)32(30,31)28-23(14-26)25(29)27-15-19-10-8-7-9-11-19/h7-13,16-18,23,28H,14-15H2,1-6H3,(H,27,29)/i26-1. The molecule has 2 aromatic rings. The first-order chi connectivity index (χ1) is 15.0. The molecular formula is C25H35FN2O3S. The monoisotopic (exact) mass is 461 g/mol. The van der Waals surface area contributed by atoms with Crippen LogP contribution in [0.4, 0.5) is 4.39 Å². The van der Waals surface area contributed by atoms with Crippen LogP contribution in [0.3, 0.4) is 0 Å². The molecule has 1 atom stereocenters. The summed E-state index contributed by atoms with van der Waals surface area (Å²) in [4.78, 5) is 12.7. The van der Waals surface area contributed by atoms with Crippen LogP contribution >= 0.6 is 0 Å². The molecule has 0 fully saturated rings. The van der Waals surface area contributed by atoms with E-state index in [4.69, 9.17) is 0 Å². The molecule has 2 aromatic carbocycles. The van der Waals surface area contributed by atoms with Gasteiger partial charge in [-0.25, -0.2) is 12.8 Å². The number of hydrogen-bond donors (Lipinski definition) is 2. The lowest BCUT2D eigenvalue weighted by atomic mass is 9.89. The second-order valence-corrected chi connectivity index (χ2v) is 10.7. The summed E-state index contributed by atoms with van der Waals surface area (Å²) in [7, 11) is -4.14. The van der Waals surface area contributed by atoms with E-state index in [0.717, 1.165) is 11.1 Å². The molecule has 7 heteroatoms. The summed E-state index contributed by atoms with van der Waals surface area (Å²) in [6, 6.07) is 11.5. The van der Waals surface area contributed by atoms with E-state index >= 15 is 0 Å². The average Bonchev–Trinajstić information content (AvgIpc) is 2.75. The predicted molar refractivity (Wildman–Crippen MR) is 127 cm³/mol. The molecule has 32 heavy (non-hydrogen) atoms. The van der Waals surface area contributed by atoms with Gasteiger partial charge in [0.1, 0.15) is 12.7 Å². The highest BCUT2D eigenvalue weighted by Crippen LogP contribution is 2.35. The van der Waals surface area contributed by atoms with Gasteiger partial charge in [0.2, 0.25) is 15.9 Å². The van der Waals surface area contributed by atoms with Crippen molar-refractivity contribution in [3.05, 3.63) is 64.7 Å². The van der Waals surface area contributed by atoms with Crippen LogP contribution in [-0.2, 0) is 21.4 Å². The minimum Gasteiger partial charge on any atom is -0.351 e. The third-order valence-corrected chi connectivity index (χ3v) is 7.03. The number of carbonyl (C=O) groups excluding carboxylic acids is 1. The van der Waals surface area contributed by atoms with Gasteiger partial charge in [0.25, 0.3) is 0 Å². The van der Waals surface area contributed by atoms with Gasteiger partial charge in [-0.15, -0.1) is 0 Å². The van der Waals surface area contributed by atoms with E-state index in [0.29, 0.717) is 11.1 Å². The second-order valence-electron chi connectivity index (χ2n) is 9.02. The zero-order valence-corrected chi connectivity index (χ0v) is 20.6. The first kappa shape index (κ1) is 26.0. The fourth-order valence-electron chi connectivity index (χ4n) is 3.51. The fraction of sp³-hybridized carbons (Fsp3) is 0.480. The first-order valence-corrected chi connectivity index (χ1v) is 12.5. The van der Waals surface area contributed by atoms with Gasteiger partial charge < -0.3 is 5.32 Å². The van der Waals surface area contributed by atoms with E-state index in [-0.39, 0.29) is 29.2 Å². The van der Waals surface area contributed by atoms with Crippen molar-refractivity contribution >= 4 is 15.9 Å². The maximum atomic E-state index is 13.8. The summed E-state index contributed by atoms with van der Waals surface area (Å²) in [5.74, 6) is -0.588. The van der Waals surface area contributed by atoms with E-state index in [9.17, 15) is 17.6 Å². The third kappa shape index (κ3) is 6.39. The topological polar surface area (TPSA) is 75.3 Å².